The molecule has 0 saturated heterocycles. The van der Waals surface area contributed by atoms with Crippen molar-refractivity contribution in [2.45, 2.75) is 20.8 Å². The Bertz CT molecular complexity index is 327. The van der Waals surface area contributed by atoms with E-state index in [1.807, 2.05) is 39.0 Å². The van der Waals surface area contributed by atoms with Crippen molar-refractivity contribution in [1.29, 1.82) is 0 Å². The van der Waals surface area contributed by atoms with Crippen molar-refractivity contribution in [2.24, 2.45) is 0 Å². The second-order valence-electron chi connectivity index (χ2n) is 3.21. The quantitative estimate of drug-likeness (QED) is 0.793. The molecule has 4 nitrogen and oxygen atoms in total. The normalized spacial score (nSPS) is 8.71. The Hall–Kier alpha value is -1.71. The van der Waals surface area contributed by atoms with Crippen LogP contribution in [0.2, 0.25) is 0 Å². The summed E-state index contributed by atoms with van der Waals surface area (Å²) in [7, 11) is 1.35. The van der Waals surface area contributed by atoms with E-state index < -0.39 is 6.09 Å². The lowest BCUT2D eigenvalue weighted by atomic mass is 10.2. The molecule has 1 rings (SSSR count). The van der Waals surface area contributed by atoms with Crippen molar-refractivity contribution in [3.05, 3.63) is 29.8 Å². The number of hydrogen-bond donors (Lipinski definition) is 2. The fraction of sp³-hybridized carbons (Fsp3) is 0.462. The molecule has 0 radical (unpaired) electrons. The Labute approximate surface area is 103 Å². The summed E-state index contributed by atoms with van der Waals surface area (Å²) in [4.78, 5) is 10.7. The van der Waals surface area contributed by atoms with Gasteiger partial charge in [-0.25, -0.2) is 4.79 Å². The third-order valence-electron chi connectivity index (χ3n) is 1.93. The van der Waals surface area contributed by atoms with Crippen molar-refractivity contribution in [3.63, 3.8) is 0 Å². The summed E-state index contributed by atoms with van der Waals surface area (Å²) in [5.74, 6) is 0. The molecular formula is C13H22N2O2. The van der Waals surface area contributed by atoms with E-state index in [2.05, 4.69) is 21.4 Å². The first-order valence-electron chi connectivity index (χ1n) is 5.84. The second kappa shape index (κ2) is 9.51. The first-order valence-corrected chi connectivity index (χ1v) is 5.84. The molecule has 0 atom stereocenters. The van der Waals surface area contributed by atoms with E-state index in [9.17, 15) is 4.79 Å². The van der Waals surface area contributed by atoms with E-state index >= 15 is 0 Å². The maximum absolute atomic E-state index is 10.7. The number of benzene rings is 1. The number of ether oxygens (including phenoxy) is 1. The van der Waals surface area contributed by atoms with Crippen molar-refractivity contribution in [3.8, 4) is 0 Å². The minimum absolute atomic E-state index is 0.402. The van der Waals surface area contributed by atoms with Gasteiger partial charge in [-0.15, -0.1) is 0 Å². The summed E-state index contributed by atoms with van der Waals surface area (Å²) in [5, 5.41) is 5.79. The number of aryl methyl sites for hydroxylation is 1. The molecule has 4 heteroatoms. The molecule has 0 aromatic heterocycles. The minimum atomic E-state index is -0.402. The molecule has 0 heterocycles. The summed E-state index contributed by atoms with van der Waals surface area (Å²) >= 11 is 0. The van der Waals surface area contributed by atoms with Crippen LogP contribution in [-0.4, -0.2) is 26.3 Å². The van der Waals surface area contributed by atoms with Gasteiger partial charge in [0.1, 0.15) is 0 Å². The van der Waals surface area contributed by atoms with Gasteiger partial charge >= 0.3 is 6.09 Å². The average molecular weight is 238 g/mol. The lowest BCUT2D eigenvalue weighted by Gasteiger charge is -2.07. The lowest BCUT2D eigenvalue weighted by Crippen LogP contribution is -2.28. The maximum atomic E-state index is 10.7. The van der Waals surface area contributed by atoms with Crippen LogP contribution in [-0.2, 0) is 4.74 Å². The molecule has 0 saturated carbocycles. The molecule has 0 aliphatic carbocycles. The van der Waals surface area contributed by atoms with Crippen molar-refractivity contribution >= 4 is 11.8 Å². The van der Waals surface area contributed by atoms with Gasteiger partial charge in [0.2, 0.25) is 0 Å². The number of carbonyl (C=O) groups excluding carboxylic acids is 1. The van der Waals surface area contributed by atoms with Gasteiger partial charge in [0.25, 0.3) is 0 Å². The molecule has 0 unspecified atom stereocenters. The smallest absolute Gasteiger partial charge is 0.406 e. The monoisotopic (exact) mass is 238 g/mol. The van der Waals surface area contributed by atoms with Gasteiger partial charge in [-0.2, -0.15) is 0 Å². The molecule has 0 bridgehead atoms. The Morgan fingerprint density at radius 2 is 2.00 bits per heavy atom. The number of methoxy groups -OCH3 is 1. The highest BCUT2D eigenvalue weighted by Crippen LogP contribution is 2.08. The predicted octanol–water partition coefficient (Wildman–Crippen LogP) is 2.79. The van der Waals surface area contributed by atoms with Crippen LogP contribution in [0.15, 0.2) is 24.3 Å². The van der Waals surface area contributed by atoms with Gasteiger partial charge in [0.05, 0.1) is 7.11 Å². The molecule has 96 valence electrons. The third kappa shape index (κ3) is 7.22. The number of alkyl carbamates (subject to hydrolysis) is 1. The molecular weight excluding hydrogens is 216 g/mol. The minimum Gasteiger partial charge on any atom is -0.453 e. The molecule has 0 fully saturated rings. The molecule has 0 spiro atoms. The standard InChI is InChI=1S/C11H16N2O2.C2H6/c1-9-4-3-5-10(8-9)12-6-7-13-11(14)15-2;1-2/h3-5,8,12H,6-7H2,1-2H3,(H,13,14);1-2H3. The second-order valence-corrected chi connectivity index (χ2v) is 3.21. The highest BCUT2D eigenvalue weighted by atomic mass is 16.5. The van der Waals surface area contributed by atoms with Crippen LogP contribution in [0.25, 0.3) is 0 Å². The molecule has 17 heavy (non-hydrogen) atoms. The SMILES string of the molecule is CC.COC(=O)NCCNc1cccc(C)c1. The van der Waals surface area contributed by atoms with Crippen LogP contribution >= 0.6 is 0 Å². The highest BCUT2D eigenvalue weighted by Gasteiger charge is 1.96. The number of anilines is 1. The van der Waals surface area contributed by atoms with Crippen LogP contribution in [0, 0.1) is 6.92 Å². The highest BCUT2D eigenvalue weighted by molar-refractivity contribution is 5.66. The van der Waals surface area contributed by atoms with Crippen molar-refractivity contribution in [1.82, 2.24) is 5.32 Å². The third-order valence-corrected chi connectivity index (χ3v) is 1.93. The Kier molecular flexibility index (Phi) is 8.55. The van der Waals surface area contributed by atoms with Crippen LogP contribution in [0.1, 0.15) is 19.4 Å². The first kappa shape index (κ1) is 15.3. The summed E-state index contributed by atoms with van der Waals surface area (Å²) in [6.45, 7) is 7.26. The molecule has 2 N–H and O–H groups in total. The molecule has 1 aromatic carbocycles. The number of rotatable bonds is 4. The van der Waals surface area contributed by atoms with Crippen molar-refractivity contribution in [2.75, 3.05) is 25.5 Å². The van der Waals surface area contributed by atoms with Crippen LogP contribution < -0.4 is 10.6 Å². The van der Waals surface area contributed by atoms with E-state index in [0.717, 1.165) is 5.69 Å². The molecule has 0 aliphatic heterocycles. The van der Waals surface area contributed by atoms with Crippen LogP contribution in [0.4, 0.5) is 10.5 Å². The van der Waals surface area contributed by atoms with E-state index in [1.54, 1.807) is 0 Å². The largest absolute Gasteiger partial charge is 0.453 e. The van der Waals surface area contributed by atoms with Crippen LogP contribution in [0.5, 0.6) is 0 Å². The van der Waals surface area contributed by atoms with E-state index in [1.165, 1.54) is 12.7 Å². The summed E-state index contributed by atoms with van der Waals surface area (Å²) < 4.78 is 4.44. The van der Waals surface area contributed by atoms with E-state index in [4.69, 9.17) is 0 Å². The molecule has 1 aromatic rings. The van der Waals surface area contributed by atoms with Gasteiger partial charge in [0, 0.05) is 18.8 Å². The molecule has 0 aliphatic rings. The van der Waals surface area contributed by atoms with Crippen LogP contribution in [0.3, 0.4) is 0 Å². The first-order chi connectivity index (χ1) is 8.22. The number of carbonyl (C=O) groups is 1. The number of amides is 1. The summed E-state index contributed by atoms with van der Waals surface area (Å²) in [6, 6.07) is 8.08. The Morgan fingerprint density at radius 1 is 1.29 bits per heavy atom. The van der Waals surface area contributed by atoms with E-state index in [-0.39, 0.29) is 0 Å². The zero-order valence-corrected chi connectivity index (χ0v) is 11.0. The van der Waals surface area contributed by atoms with E-state index in [0.29, 0.717) is 13.1 Å². The summed E-state index contributed by atoms with van der Waals surface area (Å²) in [6.07, 6.45) is -0.402. The average Bonchev–Trinajstić information content (AvgIpc) is 2.37. The number of nitrogens with one attached hydrogen (secondary N) is 2. The van der Waals surface area contributed by atoms with Gasteiger partial charge < -0.3 is 15.4 Å². The molecule has 1 amide bonds. The fourth-order valence-corrected chi connectivity index (χ4v) is 1.20. The summed E-state index contributed by atoms with van der Waals surface area (Å²) in [5.41, 5.74) is 2.27. The van der Waals surface area contributed by atoms with Crippen molar-refractivity contribution < 1.29 is 9.53 Å². The zero-order chi connectivity index (χ0) is 13.1. The lowest BCUT2D eigenvalue weighted by molar-refractivity contribution is 0.171. The fourth-order valence-electron chi connectivity index (χ4n) is 1.20. The maximum Gasteiger partial charge on any atom is 0.406 e. The van der Waals surface area contributed by atoms with Gasteiger partial charge in [-0.1, -0.05) is 26.0 Å². The number of hydrogen-bond acceptors (Lipinski definition) is 3. The van der Waals surface area contributed by atoms with Gasteiger partial charge in [0.15, 0.2) is 0 Å². The predicted molar refractivity (Wildman–Crippen MR) is 71.4 cm³/mol. The zero-order valence-electron chi connectivity index (χ0n) is 11.0. The van der Waals surface area contributed by atoms with Gasteiger partial charge in [-0.05, 0) is 24.6 Å². The topological polar surface area (TPSA) is 50.4 Å². The Balaban J connectivity index is 0.00000121. The Morgan fingerprint density at radius 3 is 2.59 bits per heavy atom. The van der Waals surface area contributed by atoms with Gasteiger partial charge in [-0.3, -0.25) is 0 Å².